The highest BCUT2D eigenvalue weighted by atomic mass is 19.1. The molecule has 0 aliphatic carbocycles. The minimum Gasteiger partial charge on any atom is -0.337 e. The minimum absolute atomic E-state index is 0.0198. The molecule has 1 N–H and O–H groups in total. The zero-order chi connectivity index (χ0) is 22.9. The van der Waals surface area contributed by atoms with Gasteiger partial charge in [-0.1, -0.05) is 30.3 Å². The van der Waals surface area contributed by atoms with Crippen molar-refractivity contribution in [3.05, 3.63) is 59.8 Å². The quantitative estimate of drug-likeness (QED) is 0.595. The normalized spacial score (nSPS) is 19.2. The van der Waals surface area contributed by atoms with E-state index in [9.17, 15) is 14.0 Å². The van der Waals surface area contributed by atoms with Crippen molar-refractivity contribution in [3.8, 4) is 0 Å². The Bertz CT molecular complexity index is 1150. The molecule has 1 unspecified atom stereocenters. The summed E-state index contributed by atoms with van der Waals surface area (Å²) in [5.41, 5.74) is 1.84. The molecule has 2 aromatic heterocycles. The monoisotopic (exact) mass is 452 g/mol. The summed E-state index contributed by atoms with van der Waals surface area (Å²) in [5.74, 6) is -0.0434. The number of nitrogens with zero attached hydrogens (tertiary/aromatic N) is 7. The maximum absolute atomic E-state index is 13.1. The summed E-state index contributed by atoms with van der Waals surface area (Å²) in [5, 5.41) is 11.6. The Morgan fingerprint density at radius 1 is 1.18 bits per heavy atom. The lowest BCUT2D eigenvalue weighted by molar-refractivity contribution is -0.120. The second-order valence-electron chi connectivity index (χ2n) is 8.47. The third-order valence-electron chi connectivity index (χ3n) is 5.94. The lowest BCUT2D eigenvalue weighted by Gasteiger charge is -2.33. The number of amides is 2. The van der Waals surface area contributed by atoms with Crippen molar-refractivity contribution in [1.82, 2.24) is 34.8 Å². The number of aryl methyl sites for hydroxylation is 1. The first-order valence-electron chi connectivity index (χ1n) is 10.9. The Kier molecular flexibility index (Phi) is 5.63. The van der Waals surface area contributed by atoms with E-state index in [1.165, 1.54) is 11.2 Å². The number of alkyl halides is 1. The average Bonchev–Trinajstić information content (AvgIpc) is 3.40. The van der Waals surface area contributed by atoms with E-state index in [0.717, 1.165) is 11.3 Å². The molecule has 2 amide bonds. The fourth-order valence-corrected chi connectivity index (χ4v) is 4.16. The smallest absolute Gasteiger partial charge is 0.291 e. The number of anilines is 1. The third kappa shape index (κ3) is 4.49. The number of halogens is 1. The van der Waals surface area contributed by atoms with Gasteiger partial charge in [0.2, 0.25) is 5.82 Å². The van der Waals surface area contributed by atoms with Gasteiger partial charge < -0.3 is 5.32 Å². The van der Waals surface area contributed by atoms with Crippen LogP contribution < -0.4 is 10.2 Å². The summed E-state index contributed by atoms with van der Waals surface area (Å²) in [6.07, 6.45) is 1.13. The van der Waals surface area contributed by atoms with Crippen molar-refractivity contribution >= 4 is 17.6 Å². The molecule has 1 saturated heterocycles. The molecule has 11 heteroatoms. The first-order valence-corrected chi connectivity index (χ1v) is 10.9. The molecule has 5 rings (SSSR count). The molecule has 10 nitrogen and oxygen atoms in total. The van der Waals surface area contributed by atoms with Crippen LogP contribution in [0.25, 0.3) is 0 Å². The highest BCUT2D eigenvalue weighted by molar-refractivity contribution is 6.00. The number of hydrogen-bond donors (Lipinski definition) is 1. The number of likely N-dealkylation sites (tertiary alicyclic amines) is 1. The van der Waals surface area contributed by atoms with Crippen LogP contribution in [-0.2, 0) is 24.4 Å². The van der Waals surface area contributed by atoms with E-state index in [0.29, 0.717) is 45.0 Å². The number of carbonyl (C=O) groups is 2. The molecule has 0 spiro atoms. The average molecular weight is 452 g/mol. The van der Waals surface area contributed by atoms with Crippen molar-refractivity contribution in [2.45, 2.75) is 38.3 Å². The molecule has 1 aromatic carbocycles. The Morgan fingerprint density at radius 3 is 2.73 bits per heavy atom. The fourth-order valence-electron chi connectivity index (χ4n) is 4.16. The number of likely N-dealkylation sites (N-methyl/N-ethyl adjacent to an activating group) is 1. The maximum atomic E-state index is 13.1. The van der Waals surface area contributed by atoms with Crippen LogP contribution in [0.4, 0.5) is 10.2 Å². The Hall–Kier alpha value is -3.60. The Morgan fingerprint density at radius 2 is 1.97 bits per heavy atom. The molecular formula is C22H25FN8O2. The van der Waals surface area contributed by atoms with Gasteiger partial charge in [0.25, 0.3) is 11.8 Å². The van der Waals surface area contributed by atoms with Crippen LogP contribution in [-0.4, -0.2) is 73.6 Å². The first-order chi connectivity index (χ1) is 16.0. The van der Waals surface area contributed by atoms with Gasteiger partial charge in [0.05, 0.1) is 12.2 Å². The topological polar surface area (TPSA) is 101 Å². The van der Waals surface area contributed by atoms with E-state index in [-0.39, 0.29) is 11.7 Å². The summed E-state index contributed by atoms with van der Waals surface area (Å²) in [6, 6.07) is 10.9. The van der Waals surface area contributed by atoms with Gasteiger partial charge in [0.1, 0.15) is 24.4 Å². The van der Waals surface area contributed by atoms with Crippen LogP contribution in [0.5, 0.6) is 0 Å². The van der Waals surface area contributed by atoms with E-state index < -0.39 is 18.1 Å². The largest absolute Gasteiger partial charge is 0.337 e. The molecule has 0 radical (unpaired) electrons. The fraction of sp³-hybridized carbons (Fsp3) is 0.409. The molecule has 0 bridgehead atoms. The molecule has 1 fully saturated rings. The van der Waals surface area contributed by atoms with Gasteiger partial charge >= 0.3 is 0 Å². The number of benzene rings is 1. The summed E-state index contributed by atoms with van der Waals surface area (Å²) in [7, 11) is 1.66. The van der Waals surface area contributed by atoms with E-state index in [1.807, 2.05) is 41.3 Å². The van der Waals surface area contributed by atoms with Gasteiger partial charge in [0.15, 0.2) is 0 Å². The van der Waals surface area contributed by atoms with Gasteiger partial charge in [-0.25, -0.2) is 18.7 Å². The van der Waals surface area contributed by atoms with Crippen LogP contribution in [0, 0.1) is 0 Å². The summed E-state index contributed by atoms with van der Waals surface area (Å²) in [6.45, 7) is 2.36. The van der Waals surface area contributed by atoms with E-state index in [4.69, 9.17) is 0 Å². The zero-order valence-electron chi connectivity index (χ0n) is 18.3. The van der Waals surface area contributed by atoms with Crippen molar-refractivity contribution < 1.29 is 14.0 Å². The molecule has 0 saturated carbocycles. The van der Waals surface area contributed by atoms with Gasteiger partial charge in [-0.3, -0.25) is 19.4 Å². The van der Waals surface area contributed by atoms with E-state index >= 15 is 0 Å². The lowest BCUT2D eigenvalue weighted by atomic mass is 10.2. The summed E-state index contributed by atoms with van der Waals surface area (Å²) < 4.78 is 16.4. The van der Waals surface area contributed by atoms with Gasteiger partial charge in [0, 0.05) is 39.3 Å². The highest BCUT2D eigenvalue weighted by Crippen LogP contribution is 2.23. The van der Waals surface area contributed by atoms with E-state index in [2.05, 4.69) is 20.5 Å². The minimum atomic E-state index is -0.765. The summed E-state index contributed by atoms with van der Waals surface area (Å²) >= 11 is 0. The van der Waals surface area contributed by atoms with Gasteiger partial charge in [-0.05, 0) is 12.0 Å². The van der Waals surface area contributed by atoms with Gasteiger partial charge in [-0.15, -0.1) is 5.10 Å². The van der Waals surface area contributed by atoms with Gasteiger partial charge in [-0.2, -0.15) is 5.10 Å². The van der Waals surface area contributed by atoms with Crippen LogP contribution >= 0.6 is 0 Å². The molecule has 1 atom stereocenters. The van der Waals surface area contributed by atoms with Crippen molar-refractivity contribution in [2.75, 3.05) is 25.0 Å². The van der Waals surface area contributed by atoms with Crippen LogP contribution in [0.15, 0.2) is 42.7 Å². The van der Waals surface area contributed by atoms with Crippen molar-refractivity contribution in [3.63, 3.8) is 0 Å². The standard InChI is InChI=1S/C22H25FN8O2/c1-28-19-9-17(13-29-11-16(23)12-29)26-31(19)8-7-18(22(28)33)25-21(32)20-24-14-30(27-20)10-15-5-3-2-4-6-15/h2-6,9,14,16,18H,7-8,10-13H2,1H3,(H,25,32). The van der Waals surface area contributed by atoms with Crippen molar-refractivity contribution in [1.29, 1.82) is 0 Å². The summed E-state index contributed by atoms with van der Waals surface area (Å²) in [4.78, 5) is 33.3. The Labute approximate surface area is 190 Å². The van der Waals surface area contributed by atoms with Crippen molar-refractivity contribution in [2.24, 2.45) is 0 Å². The first kappa shape index (κ1) is 21.3. The van der Waals surface area contributed by atoms with Crippen LogP contribution in [0.1, 0.15) is 28.3 Å². The van der Waals surface area contributed by atoms with E-state index in [1.54, 1.807) is 16.4 Å². The molecule has 4 heterocycles. The predicted molar refractivity (Wildman–Crippen MR) is 117 cm³/mol. The molecule has 2 aliphatic heterocycles. The Balaban J connectivity index is 1.22. The maximum Gasteiger partial charge on any atom is 0.291 e. The zero-order valence-corrected chi connectivity index (χ0v) is 18.3. The lowest BCUT2D eigenvalue weighted by Crippen LogP contribution is -2.47. The third-order valence-corrected chi connectivity index (χ3v) is 5.94. The van der Waals surface area contributed by atoms with Crippen LogP contribution in [0.3, 0.4) is 0 Å². The molecule has 2 aliphatic rings. The number of carbonyl (C=O) groups excluding carboxylic acids is 2. The number of hydrogen-bond acceptors (Lipinski definition) is 6. The number of nitrogens with one attached hydrogen (secondary N) is 1. The molecule has 33 heavy (non-hydrogen) atoms. The highest BCUT2D eigenvalue weighted by Gasteiger charge is 2.32. The number of rotatable bonds is 6. The number of fused-ring (bicyclic) bond motifs is 1. The molecule has 3 aromatic rings. The molecular weight excluding hydrogens is 427 g/mol. The number of aromatic nitrogens is 5. The molecule has 172 valence electrons. The van der Waals surface area contributed by atoms with Crippen LogP contribution in [0.2, 0.25) is 0 Å². The predicted octanol–water partition coefficient (Wildman–Crippen LogP) is 0.842. The SMILES string of the molecule is CN1C(=O)C(NC(=O)c2ncn(Cc3ccccc3)n2)CCn2nc(CN3CC(F)C3)cc21. The second kappa shape index (κ2) is 8.74. The second-order valence-corrected chi connectivity index (χ2v) is 8.47.